The molecule has 0 N–H and O–H groups in total. The Morgan fingerprint density at radius 2 is 2.00 bits per heavy atom. The van der Waals surface area contributed by atoms with Crippen LogP contribution in [0.1, 0.15) is 32.0 Å². The van der Waals surface area contributed by atoms with Crippen LogP contribution in [0, 0.1) is 6.92 Å². The summed E-state index contributed by atoms with van der Waals surface area (Å²) in [6.07, 6.45) is 4.00. The Hall–Kier alpha value is -1.31. The molecule has 2 aromatic heterocycles. The van der Waals surface area contributed by atoms with Gasteiger partial charge in [-0.1, -0.05) is 20.8 Å². The van der Waals surface area contributed by atoms with Crippen LogP contribution in [0.15, 0.2) is 24.5 Å². The van der Waals surface area contributed by atoms with Crippen LogP contribution in [0.25, 0.3) is 5.65 Å². The third-order valence-corrected chi connectivity index (χ3v) is 2.56. The Balaban J connectivity index is 2.63. The molecular weight excluding hydrogens is 172 g/mol. The third kappa shape index (κ3) is 1.41. The molecule has 14 heavy (non-hydrogen) atoms. The number of hydrogen-bond acceptors (Lipinski definition) is 1. The van der Waals surface area contributed by atoms with Gasteiger partial charge in [-0.2, -0.15) is 0 Å². The van der Waals surface area contributed by atoms with E-state index in [0.717, 1.165) is 5.65 Å². The van der Waals surface area contributed by atoms with Crippen molar-refractivity contribution in [2.24, 2.45) is 0 Å². The maximum atomic E-state index is 4.36. The molecule has 0 radical (unpaired) electrons. The van der Waals surface area contributed by atoms with Gasteiger partial charge in [-0.15, -0.1) is 0 Å². The summed E-state index contributed by atoms with van der Waals surface area (Å²) >= 11 is 0. The molecular formula is C12H16N2. The first-order valence-corrected chi connectivity index (χ1v) is 4.93. The second kappa shape index (κ2) is 2.84. The normalized spacial score (nSPS) is 12.3. The highest BCUT2D eigenvalue weighted by Crippen LogP contribution is 2.23. The number of fused-ring (bicyclic) bond motifs is 1. The number of hydrogen-bond donors (Lipinski definition) is 0. The number of aromatic nitrogens is 2. The van der Waals surface area contributed by atoms with Gasteiger partial charge in [0, 0.05) is 18.1 Å². The summed E-state index contributed by atoms with van der Waals surface area (Å²) in [5.41, 5.74) is 3.74. The number of nitrogens with zero attached hydrogens (tertiary/aromatic N) is 2. The first kappa shape index (κ1) is 9.25. The average Bonchev–Trinajstić information content (AvgIpc) is 2.46. The third-order valence-electron chi connectivity index (χ3n) is 2.56. The molecule has 0 atom stereocenters. The van der Waals surface area contributed by atoms with Gasteiger partial charge in [-0.05, 0) is 30.0 Å². The molecule has 0 saturated carbocycles. The van der Waals surface area contributed by atoms with E-state index in [1.807, 2.05) is 6.20 Å². The molecule has 0 aliphatic carbocycles. The fourth-order valence-corrected chi connectivity index (χ4v) is 1.57. The quantitative estimate of drug-likeness (QED) is 0.621. The van der Waals surface area contributed by atoms with Crippen molar-refractivity contribution in [3.8, 4) is 0 Å². The van der Waals surface area contributed by atoms with E-state index in [-0.39, 0.29) is 5.41 Å². The van der Waals surface area contributed by atoms with E-state index in [1.54, 1.807) is 0 Å². The maximum Gasteiger partial charge on any atom is 0.137 e. The van der Waals surface area contributed by atoms with Crippen molar-refractivity contribution in [2.75, 3.05) is 0 Å². The van der Waals surface area contributed by atoms with Gasteiger partial charge in [0.2, 0.25) is 0 Å². The zero-order chi connectivity index (χ0) is 10.3. The first-order chi connectivity index (χ1) is 6.48. The first-order valence-electron chi connectivity index (χ1n) is 4.93. The van der Waals surface area contributed by atoms with Crippen LogP contribution < -0.4 is 0 Å². The van der Waals surface area contributed by atoms with E-state index in [9.17, 15) is 0 Å². The van der Waals surface area contributed by atoms with Crippen molar-refractivity contribution in [1.82, 2.24) is 9.38 Å². The maximum absolute atomic E-state index is 4.36. The predicted molar refractivity (Wildman–Crippen MR) is 58.6 cm³/mol. The molecule has 0 fully saturated rings. The van der Waals surface area contributed by atoms with Crippen molar-refractivity contribution in [3.63, 3.8) is 0 Å². The Kier molecular flexibility index (Phi) is 1.88. The fraction of sp³-hybridized carbons (Fsp3) is 0.417. The summed E-state index contributed by atoms with van der Waals surface area (Å²) in [4.78, 5) is 4.36. The lowest BCUT2D eigenvalue weighted by Gasteiger charge is -2.18. The Morgan fingerprint density at radius 1 is 1.29 bits per heavy atom. The standard InChI is InChI=1S/C12H16N2/c1-9-8-13-11-7-10(12(2,3)4)5-6-14(9)11/h5-8H,1-4H3. The van der Waals surface area contributed by atoms with E-state index < -0.39 is 0 Å². The molecule has 2 nitrogen and oxygen atoms in total. The molecule has 0 bridgehead atoms. The zero-order valence-corrected chi connectivity index (χ0v) is 9.20. The zero-order valence-electron chi connectivity index (χ0n) is 9.20. The van der Waals surface area contributed by atoms with Crippen molar-refractivity contribution in [2.45, 2.75) is 33.1 Å². The Morgan fingerprint density at radius 3 is 2.64 bits per heavy atom. The number of imidazole rings is 1. The second-order valence-corrected chi connectivity index (χ2v) is 4.79. The van der Waals surface area contributed by atoms with E-state index in [4.69, 9.17) is 0 Å². The molecule has 0 aliphatic heterocycles. The number of pyridine rings is 1. The molecule has 0 aliphatic rings. The smallest absolute Gasteiger partial charge is 0.137 e. The minimum Gasteiger partial charge on any atom is -0.304 e. The van der Waals surface area contributed by atoms with Gasteiger partial charge < -0.3 is 4.40 Å². The van der Waals surface area contributed by atoms with Crippen molar-refractivity contribution in [1.29, 1.82) is 0 Å². The van der Waals surface area contributed by atoms with E-state index >= 15 is 0 Å². The van der Waals surface area contributed by atoms with Crippen molar-refractivity contribution in [3.05, 3.63) is 35.8 Å². The number of aryl methyl sites for hydroxylation is 1. The molecule has 0 aromatic carbocycles. The van der Waals surface area contributed by atoms with Crippen LogP contribution in [0.4, 0.5) is 0 Å². The summed E-state index contributed by atoms with van der Waals surface area (Å²) in [6, 6.07) is 4.33. The van der Waals surface area contributed by atoms with Crippen molar-refractivity contribution < 1.29 is 0 Å². The topological polar surface area (TPSA) is 17.3 Å². The van der Waals surface area contributed by atoms with Gasteiger partial charge in [-0.25, -0.2) is 4.98 Å². The number of rotatable bonds is 0. The van der Waals surface area contributed by atoms with Crippen LogP contribution >= 0.6 is 0 Å². The monoisotopic (exact) mass is 188 g/mol. The summed E-state index contributed by atoms with van der Waals surface area (Å²) in [5, 5.41) is 0. The van der Waals surface area contributed by atoms with Crippen LogP contribution in [-0.4, -0.2) is 9.38 Å². The van der Waals surface area contributed by atoms with Gasteiger partial charge in [0.25, 0.3) is 0 Å². The Labute approximate surface area is 84.6 Å². The lowest BCUT2D eigenvalue weighted by molar-refractivity contribution is 0.589. The second-order valence-electron chi connectivity index (χ2n) is 4.79. The molecule has 0 amide bonds. The van der Waals surface area contributed by atoms with Crippen LogP contribution in [0.5, 0.6) is 0 Å². The van der Waals surface area contributed by atoms with Gasteiger partial charge in [0.1, 0.15) is 5.65 Å². The molecule has 2 rings (SSSR count). The molecule has 0 saturated heterocycles. The van der Waals surface area contributed by atoms with E-state index in [0.29, 0.717) is 0 Å². The predicted octanol–water partition coefficient (Wildman–Crippen LogP) is 2.94. The molecule has 2 heterocycles. The molecule has 0 unspecified atom stereocenters. The van der Waals surface area contributed by atoms with Gasteiger partial charge >= 0.3 is 0 Å². The van der Waals surface area contributed by atoms with Crippen LogP contribution in [0.3, 0.4) is 0 Å². The largest absolute Gasteiger partial charge is 0.304 e. The van der Waals surface area contributed by atoms with Crippen molar-refractivity contribution >= 4 is 5.65 Å². The minimum absolute atomic E-state index is 0.196. The SMILES string of the molecule is Cc1cnc2cc(C(C)(C)C)ccn12. The summed E-state index contributed by atoms with van der Waals surface area (Å²) < 4.78 is 2.11. The molecule has 74 valence electrons. The van der Waals surface area contributed by atoms with Gasteiger partial charge in [-0.3, -0.25) is 0 Å². The van der Waals surface area contributed by atoms with Crippen LogP contribution in [0.2, 0.25) is 0 Å². The average molecular weight is 188 g/mol. The van der Waals surface area contributed by atoms with E-state index in [2.05, 4.69) is 55.4 Å². The summed E-state index contributed by atoms with van der Waals surface area (Å²) in [7, 11) is 0. The molecule has 2 heteroatoms. The summed E-state index contributed by atoms with van der Waals surface area (Å²) in [5.74, 6) is 0. The van der Waals surface area contributed by atoms with E-state index in [1.165, 1.54) is 11.3 Å². The molecule has 0 spiro atoms. The lowest BCUT2D eigenvalue weighted by atomic mass is 9.88. The Bertz CT molecular complexity index is 461. The molecule has 2 aromatic rings. The van der Waals surface area contributed by atoms with Crippen LogP contribution in [-0.2, 0) is 5.41 Å². The minimum atomic E-state index is 0.196. The fourth-order valence-electron chi connectivity index (χ4n) is 1.57. The highest BCUT2D eigenvalue weighted by atomic mass is 15.0. The lowest BCUT2D eigenvalue weighted by Crippen LogP contribution is -2.11. The van der Waals surface area contributed by atoms with Gasteiger partial charge in [0.15, 0.2) is 0 Å². The summed E-state index contributed by atoms with van der Waals surface area (Å²) in [6.45, 7) is 8.72. The highest BCUT2D eigenvalue weighted by Gasteiger charge is 2.14. The van der Waals surface area contributed by atoms with Gasteiger partial charge in [0.05, 0.1) is 0 Å². The highest BCUT2D eigenvalue weighted by molar-refractivity contribution is 5.44.